The van der Waals surface area contributed by atoms with Gasteiger partial charge in [0.2, 0.25) is 0 Å². The van der Waals surface area contributed by atoms with E-state index in [0.29, 0.717) is 22.7 Å². The zero-order chi connectivity index (χ0) is 18.1. The third-order valence-corrected chi connectivity index (χ3v) is 4.02. The van der Waals surface area contributed by atoms with Crippen LogP contribution in [-0.4, -0.2) is 16.1 Å². The lowest BCUT2D eigenvalue weighted by atomic mass is 9.96. The van der Waals surface area contributed by atoms with E-state index in [0.717, 1.165) is 10.4 Å². The molecule has 1 aliphatic rings. The zero-order valence-corrected chi connectivity index (χ0v) is 14.3. The molecule has 0 atom stereocenters. The van der Waals surface area contributed by atoms with E-state index in [1.54, 1.807) is 38.1 Å². The fourth-order valence-electron chi connectivity index (χ4n) is 2.76. The van der Waals surface area contributed by atoms with Crippen LogP contribution in [0.15, 0.2) is 39.2 Å². The average molecular weight is 350 g/mol. The van der Waals surface area contributed by atoms with Gasteiger partial charge in [0.05, 0.1) is 0 Å². The monoisotopic (exact) mass is 349 g/mol. The Bertz CT molecular complexity index is 1080. The van der Waals surface area contributed by atoms with Crippen molar-refractivity contribution in [3.8, 4) is 23.3 Å². The van der Waals surface area contributed by atoms with E-state index >= 15 is 0 Å². The second-order valence-electron chi connectivity index (χ2n) is 5.66. The standard InChI is InChI=1S/C18H12ClN5O/c1-10-7-11(2)23-24-17(22-10)14(8-20)16(15(9-21)18(24)25)12-3-5-13(19)6-4-12/h3-6H,7H2,1-2H3. The summed E-state index contributed by atoms with van der Waals surface area (Å²) in [5, 5.41) is 24.0. The smallest absolute Gasteiger partial charge is 0.266 e. The highest BCUT2D eigenvalue weighted by atomic mass is 35.5. The summed E-state index contributed by atoms with van der Waals surface area (Å²) in [6, 6.07) is 10.6. The number of hydrogen-bond acceptors (Lipinski definition) is 5. The predicted molar refractivity (Wildman–Crippen MR) is 96.5 cm³/mol. The predicted octanol–water partition coefficient (Wildman–Crippen LogP) is 3.63. The molecule has 0 unspecified atom stereocenters. The number of fused-ring (bicyclic) bond motifs is 1. The number of nitrogens with zero attached hydrogens (tertiary/aromatic N) is 5. The van der Waals surface area contributed by atoms with Gasteiger partial charge in [-0.2, -0.15) is 20.3 Å². The minimum Gasteiger partial charge on any atom is -0.266 e. The molecule has 0 fully saturated rings. The molecule has 0 saturated heterocycles. The van der Waals surface area contributed by atoms with Gasteiger partial charge >= 0.3 is 0 Å². The maximum absolute atomic E-state index is 12.8. The highest BCUT2D eigenvalue weighted by Crippen LogP contribution is 2.33. The van der Waals surface area contributed by atoms with E-state index in [1.807, 2.05) is 6.07 Å². The molecule has 0 bridgehead atoms. The molecule has 1 aromatic heterocycles. The van der Waals surface area contributed by atoms with Crippen LogP contribution in [0.4, 0.5) is 5.82 Å². The van der Waals surface area contributed by atoms with Gasteiger partial charge in [-0.25, -0.2) is 4.99 Å². The lowest BCUT2D eigenvalue weighted by Gasteiger charge is -2.12. The lowest BCUT2D eigenvalue weighted by molar-refractivity contribution is 0.825. The summed E-state index contributed by atoms with van der Waals surface area (Å²) in [7, 11) is 0. The summed E-state index contributed by atoms with van der Waals surface area (Å²) in [6.07, 6.45) is 0.490. The SMILES string of the molecule is CC1=Nc2c(C#N)c(-c3ccc(Cl)cc3)c(C#N)c(=O)n2N=C(C)C1. The number of pyridine rings is 1. The number of nitriles is 2. The van der Waals surface area contributed by atoms with Crippen molar-refractivity contribution in [1.82, 2.24) is 4.68 Å². The molecule has 0 aliphatic carbocycles. The second kappa shape index (κ2) is 6.35. The highest BCUT2D eigenvalue weighted by molar-refractivity contribution is 6.30. The third-order valence-electron chi connectivity index (χ3n) is 3.77. The summed E-state index contributed by atoms with van der Waals surface area (Å²) in [4.78, 5) is 17.2. The summed E-state index contributed by atoms with van der Waals surface area (Å²) in [5.74, 6) is 0.144. The number of halogens is 1. The molecule has 2 aromatic rings. The van der Waals surface area contributed by atoms with Crippen LogP contribution in [-0.2, 0) is 0 Å². The first-order chi connectivity index (χ1) is 12.0. The molecule has 2 heterocycles. The molecule has 6 nitrogen and oxygen atoms in total. The van der Waals surface area contributed by atoms with Gasteiger partial charge in [0.1, 0.15) is 23.3 Å². The molecule has 25 heavy (non-hydrogen) atoms. The van der Waals surface area contributed by atoms with E-state index < -0.39 is 5.56 Å². The van der Waals surface area contributed by atoms with Crippen molar-refractivity contribution < 1.29 is 0 Å². The molecule has 3 rings (SSSR count). The van der Waals surface area contributed by atoms with Gasteiger partial charge in [-0.15, -0.1) is 0 Å². The Morgan fingerprint density at radius 3 is 2.32 bits per heavy atom. The van der Waals surface area contributed by atoms with Crippen molar-refractivity contribution in [2.45, 2.75) is 20.3 Å². The van der Waals surface area contributed by atoms with E-state index in [9.17, 15) is 15.3 Å². The molecule has 0 amide bonds. The fraction of sp³-hybridized carbons (Fsp3) is 0.167. The molecule has 122 valence electrons. The van der Waals surface area contributed by atoms with E-state index in [-0.39, 0.29) is 22.5 Å². The van der Waals surface area contributed by atoms with E-state index in [4.69, 9.17) is 11.6 Å². The molecule has 0 N–H and O–H groups in total. The quantitative estimate of drug-likeness (QED) is 0.786. The number of rotatable bonds is 1. The molecular formula is C18H12ClN5O. The fourth-order valence-corrected chi connectivity index (χ4v) is 2.89. The molecule has 0 radical (unpaired) electrons. The summed E-state index contributed by atoms with van der Waals surface area (Å²) in [5.41, 5.74) is 1.61. The number of benzene rings is 1. The van der Waals surface area contributed by atoms with Crippen molar-refractivity contribution in [3.05, 3.63) is 50.8 Å². The van der Waals surface area contributed by atoms with Crippen LogP contribution in [0.25, 0.3) is 11.1 Å². The molecule has 0 saturated carbocycles. The van der Waals surface area contributed by atoms with Gasteiger partial charge in [-0.3, -0.25) is 4.79 Å². The van der Waals surface area contributed by atoms with Gasteiger partial charge in [-0.1, -0.05) is 23.7 Å². The van der Waals surface area contributed by atoms with Crippen LogP contribution in [0, 0.1) is 22.7 Å². The molecule has 1 aromatic carbocycles. The van der Waals surface area contributed by atoms with Gasteiger partial charge in [0.15, 0.2) is 5.82 Å². The Labute approximate surface area is 148 Å². The van der Waals surface area contributed by atoms with Gasteiger partial charge in [-0.05, 0) is 31.5 Å². The van der Waals surface area contributed by atoms with Crippen LogP contribution >= 0.6 is 11.6 Å². The Kier molecular flexibility index (Phi) is 4.22. The minimum absolute atomic E-state index is 0.135. The van der Waals surface area contributed by atoms with Gasteiger partial charge in [0, 0.05) is 28.4 Å². The number of aliphatic imine (C=N–C) groups is 1. The first-order valence-corrected chi connectivity index (χ1v) is 7.81. The maximum atomic E-state index is 12.8. The van der Waals surface area contributed by atoms with Crippen LogP contribution in [0.2, 0.25) is 5.02 Å². The average Bonchev–Trinajstić information content (AvgIpc) is 2.73. The summed E-state index contributed by atoms with van der Waals surface area (Å²) in [6.45, 7) is 3.58. The normalized spacial score (nSPS) is 13.0. The maximum Gasteiger partial charge on any atom is 0.291 e. The van der Waals surface area contributed by atoms with Crippen molar-refractivity contribution >= 4 is 28.8 Å². The van der Waals surface area contributed by atoms with E-state index in [2.05, 4.69) is 16.2 Å². The third kappa shape index (κ3) is 2.84. The van der Waals surface area contributed by atoms with Crippen molar-refractivity contribution in [2.75, 3.05) is 0 Å². The largest absolute Gasteiger partial charge is 0.291 e. The molecule has 0 spiro atoms. The van der Waals surface area contributed by atoms with Crippen LogP contribution in [0.1, 0.15) is 31.4 Å². The van der Waals surface area contributed by atoms with Crippen molar-refractivity contribution in [1.29, 1.82) is 10.5 Å². The number of hydrogen-bond donors (Lipinski definition) is 0. The number of aromatic nitrogens is 1. The summed E-state index contributed by atoms with van der Waals surface area (Å²) >= 11 is 5.91. The second-order valence-corrected chi connectivity index (χ2v) is 6.09. The van der Waals surface area contributed by atoms with Gasteiger partial charge < -0.3 is 0 Å². The first kappa shape index (κ1) is 16.6. The van der Waals surface area contributed by atoms with Crippen molar-refractivity contribution in [2.24, 2.45) is 10.1 Å². The Hall–Kier alpha value is -3.22. The summed E-state index contributed by atoms with van der Waals surface area (Å²) < 4.78 is 1.04. The zero-order valence-electron chi connectivity index (χ0n) is 13.5. The lowest BCUT2D eigenvalue weighted by Crippen LogP contribution is -2.22. The topological polar surface area (TPSA) is 94.3 Å². The van der Waals surface area contributed by atoms with Gasteiger partial charge in [0.25, 0.3) is 5.56 Å². The molecular weight excluding hydrogens is 338 g/mol. The van der Waals surface area contributed by atoms with Crippen LogP contribution in [0.3, 0.4) is 0 Å². The molecule has 1 aliphatic heterocycles. The first-order valence-electron chi connectivity index (χ1n) is 7.44. The van der Waals surface area contributed by atoms with Crippen molar-refractivity contribution in [3.63, 3.8) is 0 Å². The van der Waals surface area contributed by atoms with Crippen LogP contribution in [0.5, 0.6) is 0 Å². The van der Waals surface area contributed by atoms with Crippen LogP contribution < -0.4 is 5.56 Å². The Morgan fingerprint density at radius 2 is 1.72 bits per heavy atom. The minimum atomic E-state index is -0.598. The highest BCUT2D eigenvalue weighted by Gasteiger charge is 2.24. The van der Waals surface area contributed by atoms with E-state index in [1.165, 1.54) is 0 Å². The Morgan fingerprint density at radius 1 is 1.08 bits per heavy atom. The molecule has 7 heteroatoms. The Balaban J connectivity index is 2.50.